The Hall–Kier alpha value is -3.81. The normalized spacial score (nSPS) is 11.7. The summed E-state index contributed by atoms with van der Waals surface area (Å²) in [6.45, 7) is 4.22. The van der Waals surface area contributed by atoms with Crippen LogP contribution < -0.4 is 14.8 Å². The lowest BCUT2D eigenvalue weighted by Gasteiger charge is -2.27. The Morgan fingerprint density at radius 3 is 2.42 bits per heavy atom. The molecule has 33 heavy (non-hydrogen) atoms. The van der Waals surface area contributed by atoms with Gasteiger partial charge in [0.05, 0.1) is 19.8 Å². The van der Waals surface area contributed by atoms with Crippen LogP contribution >= 0.6 is 0 Å². The fraction of sp³-hybridized carbons (Fsp3) is 0.320. The summed E-state index contributed by atoms with van der Waals surface area (Å²) >= 11 is 0. The van der Waals surface area contributed by atoms with Gasteiger partial charge in [-0.1, -0.05) is 49.3 Å². The molecule has 0 unspecified atom stereocenters. The van der Waals surface area contributed by atoms with E-state index in [1.165, 1.54) is 13.2 Å². The van der Waals surface area contributed by atoms with Gasteiger partial charge >= 0.3 is 0 Å². The second kappa shape index (κ2) is 10.7. The van der Waals surface area contributed by atoms with Crippen LogP contribution in [0.4, 0.5) is 0 Å². The van der Waals surface area contributed by atoms with E-state index in [0.717, 1.165) is 5.56 Å². The minimum atomic E-state index is -0.707. The minimum absolute atomic E-state index is 0.0760. The van der Waals surface area contributed by atoms with E-state index in [-0.39, 0.29) is 17.5 Å². The number of ether oxygens (including phenoxy) is 2. The smallest absolute Gasteiger partial charge is 0.274 e. The van der Waals surface area contributed by atoms with E-state index in [1.807, 2.05) is 44.2 Å². The maximum Gasteiger partial charge on any atom is 0.274 e. The third-order valence-corrected chi connectivity index (χ3v) is 5.28. The third kappa shape index (κ3) is 5.71. The van der Waals surface area contributed by atoms with Crippen molar-refractivity contribution in [1.82, 2.24) is 15.4 Å². The molecule has 3 aromatic rings. The standard InChI is InChI=1S/C25H29N3O5/c1-16(2)23(25(30)28(3)15-17-9-7-6-8-10-17)26-24(29)20-14-22(33-27-20)19-12-11-18(31-4)13-21(19)32-5/h6-14,16,23H,15H2,1-5H3,(H,26,29)/t23-/m1/s1. The molecule has 1 atom stereocenters. The van der Waals surface area contributed by atoms with Gasteiger partial charge in [-0.25, -0.2) is 0 Å². The number of amides is 2. The lowest BCUT2D eigenvalue weighted by atomic mass is 10.0. The molecule has 0 saturated heterocycles. The zero-order chi connectivity index (χ0) is 24.0. The fourth-order valence-electron chi connectivity index (χ4n) is 3.41. The number of hydrogen-bond acceptors (Lipinski definition) is 6. The van der Waals surface area contributed by atoms with E-state index in [2.05, 4.69) is 10.5 Å². The van der Waals surface area contributed by atoms with Gasteiger partial charge in [-0.15, -0.1) is 0 Å². The molecule has 8 nitrogen and oxygen atoms in total. The number of likely N-dealkylation sites (N-methyl/N-ethyl adjacent to an activating group) is 1. The number of methoxy groups -OCH3 is 2. The number of nitrogens with zero attached hydrogens (tertiary/aromatic N) is 2. The molecule has 0 fully saturated rings. The number of carbonyl (C=O) groups is 2. The number of nitrogens with one attached hydrogen (secondary N) is 1. The predicted molar refractivity (Wildman–Crippen MR) is 124 cm³/mol. The quantitative estimate of drug-likeness (QED) is 0.532. The monoisotopic (exact) mass is 451 g/mol. The van der Waals surface area contributed by atoms with Crippen LogP contribution in [0.25, 0.3) is 11.3 Å². The highest BCUT2D eigenvalue weighted by Crippen LogP contribution is 2.33. The van der Waals surface area contributed by atoms with E-state index >= 15 is 0 Å². The molecule has 1 aromatic heterocycles. The highest BCUT2D eigenvalue weighted by atomic mass is 16.5. The Labute approximate surface area is 193 Å². The summed E-state index contributed by atoms with van der Waals surface area (Å²) in [7, 11) is 4.82. The van der Waals surface area contributed by atoms with Crippen LogP contribution in [0.15, 0.2) is 59.1 Å². The molecule has 8 heteroatoms. The van der Waals surface area contributed by atoms with Gasteiger partial charge in [-0.3, -0.25) is 9.59 Å². The molecule has 1 N–H and O–H groups in total. The number of carbonyl (C=O) groups excluding carboxylic acids is 2. The van der Waals surface area contributed by atoms with Crippen molar-refractivity contribution in [2.24, 2.45) is 5.92 Å². The minimum Gasteiger partial charge on any atom is -0.497 e. The Balaban J connectivity index is 1.74. The largest absolute Gasteiger partial charge is 0.497 e. The molecule has 1 heterocycles. The van der Waals surface area contributed by atoms with Crippen LogP contribution in [-0.4, -0.2) is 49.2 Å². The van der Waals surface area contributed by atoms with Gasteiger partial charge in [-0.05, 0) is 23.6 Å². The van der Waals surface area contributed by atoms with Crippen molar-refractivity contribution >= 4 is 11.8 Å². The third-order valence-electron chi connectivity index (χ3n) is 5.28. The second-order valence-electron chi connectivity index (χ2n) is 8.02. The van der Waals surface area contributed by atoms with Crippen molar-refractivity contribution in [2.45, 2.75) is 26.4 Å². The molecule has 2 aromatic carbocycles. The maximum absolute atomic E-state index is 13.1. The molecule has 0 aliphatic carbocycles. The SMILES string of the molecule is COc1ccc(-c2cc(C(=O)N[C@@H](C(=O)N(C)Cc3ccccc3)C(C)C)no2)c(OC)c1. The van der Waals surface area contributed by atoms with Crippen molar-refractivity contribution in [3.05, 3.63) is 65.9 Å². The first-order chi connectivity index (χ1) is 15.8. The summed E-state index contributed by atoms with van der Waals surface area (Å²) in [6.07, 6.45) is 0. The molecule has 0 saturated carbocycles. The number of rotatable bonds is 9. The van der Waals surface area contributed by atoms with E-state index < -0.39 is 11.9 Å². The van der Waals surface area contributed by atoms with Crippen LogP contribution in [0, 0.1) is 5.92 Å². The van der Waals surface area contributed by atoms with Gasteiger partial charge in [-0.2, -0.15) is 0 Å². The predicted octanol–water partition coefficient (Wildman–Crippen LogP) is 3.77. The van der Waals surface area contributed by atoms with Crippen LogP contribution in [-0.2, 0) is 11.3 Å². The Bertz CT molecular complexity index is 1090. The summed E-state index contributed by atoms with van der Waals surface area (Å²) in [5.41, 5.74) is 1.72. The lowest BCUT2D eigenvalue weighted by Crippen LogP contribution is -2.50. The first-order valence-electron chi connectivity index (χ1n) is 10.6. The summed E-state index contributed by atoms with van der Waals surface area (Å²) in [6, 6.07) is 15.7. The summed E-state index contributed by atoms with van der Waals surface area (Å²) < 4.78 is 16.0. The number of hydrogen-bond donors (Lipinski definition) is 1. The first kappa shape index (κ1) is 23.8. The van der Waals surface area contributed by atoms with Gasteiger partial charge in [0, 0.05) is 25.7 Å². The van der Waals surface area contributed by atoms with Crippen molar-refractivity contribution in [3.8, 4) is 22.8 Å². The van der Waals surface area contributed by atoms with E-state index in [9.17, 15) is 9.59 Å². The molecule has 0 radical (unpaired) electrons. The van der Waals surface area contributed by atoms with Crippen molar-refractivity contribution in [2.75, 3.05) is 21.3 Å². The molecule has 0 bridgehead atoms. The maximum atomic E-state index is 13.1. The van der Waals surface area contributed by atoms with Crippen LogP contribution in [0.3, 0.4) is 0 Å². The zero-order valence-electron chi connectivity index (χ0n) is 19.5. The molecule has 2 amide bonds. The van der Waals surface area contributed by atoms with Gasteiger partial charge in [0.1, 0.15) is 17.5 Å². The molecule has 174 valence electrons. The van der Waals surface area contributed by atoms with Crippen LogP contribution in [0.5, 0.6) is 11.5 Å². The number of aromatic nitrogens is 1. The van der Waals surface area contributed by atoms with Gasteiger partial charge in [0.15, 0.2) is 11.5 Å². The van der Waals surface area contributed by atoms with E-state index in [1.54, 1.807) is 37.3 Å². The second-order valence-corrected chi connectivity index (χ2v) is 8.02. The van der Waals surface area contributed by atoms with Gasteiger partial charge in [0.2, 0.25) is 5.91 Å². The Kier molecular flexibility index (Phi) is 7.71. The number of benzene rings is 2. The van der Waals surface area contributed by atoms with Gasteiger partial charge in [0.25, 0.3) is 5.91 Å². The molecule has 0 aliphatic heterocycles. The molecular formula is C25H29N3O5. The van der Waals surface area contributed by atoms with Crippen LogP contribution in [0.2, 0.25) is 0 Å². The first-order valence-corrected chi connectivity index (χ1v) is 10.6. The Morgan fingerprint density at radius 1 is 1.06 bits per heavy atom. The molecule has 0 spiro atoms. The molecule has 0 aliphatic rings. The summed E-state index contributed by atoms with van der Waals surface area (Å²) in [5, 5.41) is 6.70. The highest BCUT2D eigenvalue weighted by Gasteiger charge is 2.28. The van der Waals surface area contributed by atoms with Gasteiger partial charge < -0.3 is 24.2 Å². The van der Waals surface area contributed by atoms with E-state index in [4.69, 9.17) is 14.0 Å². The zero-order valence-corrected chi connectivity index (χ0v) is 19.5. The van der Waals surface area contributed by atoms with Crippen molar-refractivity contribution in [3.63, 3.8) is 0 Å². The Morgan fingerprint density at radius 2 is 1.79 bits per heavy atom. The van der Waals surface area contributed by atoms with Crippen molar-refractivity contribution in [1.29, 1.82) is 0 Å². The molecule has 3 rings (SSSR count). The highest BCUT2D eigenvalue weighted by molar-refractivity contribution is 5.96. The molecular weight excluding hydrogens is 422 g/mol. The average molecular weight is 452 g/mol. The lowest BCUT2D eigenvalue weighted by molar-refractivity contribution is -0.133. The average Bonchev–Trinajstić information content (AvgIpc) is 3.32. The summed E-state index contributed by atoms with van der Waals surface area (Å²) in [5.74, 6) is 0.739. The summed E-state index contributed by atoms with van der Waals surface area (Å²) in [4.78, 5) is 27.6. The topological polar surface area (TPSA) is 93.9 Å². The van der Waals surface area contributed by atoms with E-state index in [0.29, 0.717) is 29.4 Å². The fourth-order valence-corrected chi connectivity index (χ4v) is 3.41. The van der Waals surface area contributed by atoms with Crippen molar-refractivity contribution < 1.29 is 23.6 Å². The van der Waals surface area contributed by atoms with Crippen LogP contribution in [0.1, 0.15) is 29.9 Å².